The lowest BCUT2D eigenvalue weighted by atomic mass is 10.0. The van der Waals surface area contributed by atoms with E-state index in [9.17, 15) is 12.8 Å². The van der Waals surface area contributed by atoms with E-state index in [0.29, 0.717) is 22.2 Å². The Balaban J connectivity index is 1.80. The molecule has 0 aliphatic rings. The van der Waals surface area contributed by atoms with Crippen molar-refractivity contribution in [1.29, 1.82) is 0 Å². The molecule has 0 unspecified atom stereocenters. The molecule has 0 aliphatic heterocycles. The standard InChI is InChI=1S/C22H21F2N7O3S/c1-34-17-9-12(13-4-2-5-15(19(13)24)31-35(32,33)7-3-6-23)8-14-20(17)29-22(30-21(14)26)16-10-28-18(25)11-27-16/h2,4-5,8-11,31H,3,6-7H2,1H3,(H2,25,28)(H2,26,29,30). The second kappa shape index (κ2) is 9.62. The molecule has 0 saturated carbocycles. The molecule has 0 radical (unpaired) electrons. The molecule has 0 aliphatic carbocycles. The van der Waals surface area contributed by atoms with E-state index in [1.54, 1.807) is 12.1 Å². The first-order valence-electron chi connectivity index (χ1n) is 10.3. The maximum absolute atomic E-state index is 15.3. The predicted octanol–water partition coefficient (Wildman–Crippen LogP) is 3.17. The minimum absolute atomic E-state index is 0.0868. The smallest absolute Gasteiger partial charge is 0.232 e. The van der Waals surface area contributed by atoms with E-state index in [2.05, 4.69) is 24.7 Å². The number of nitrogens with zero attached hydrogens (tertiary/aromatic N) is 4. The molecule has 0 fully saturated rings. The van der Waals surface area contributed by atoms with Crippen LogP contribution < -0.4 is 20.9 Å². The van der Waals surface area contributed by atoms with Crippen LogP contribution in [-0.4, -0.2) is 47.9 Å². The monoisotopic (exact) mass is 501 g/mol. The second-order valence-corrected chi connectivity index (χ2v) is 9.31. The van der Waals surface area contributed by atoms with Gasteiger partial charge in [-0.25, -0.2) is 32.7 Å². The largest absolute Gasteiger partial charge is 0.494 e. The third kappa shape index (κ3) is 5.04. The van der Waals surface area contributed by atoms with Gasteiger partial charge < -0.3 is 16.2 Å². The van der Waals surface area contributed by atoms with Gasteiger partial charge in [-0.3, -0.25) is 9.11 Å². The lowest BCUT2D eigenvalue weighted by Gasteiger charge is -2.14. The molecule has 2 aromatic heterocycles. The van der Waals surface area contributed by atoms with Gasteiger partial charge in [-0.1, -0.05) is 12.1 Å². The minimum atomic E-state index is -3.92. The number of hydrogen-bond donors (Lipinski definition) is 3. The van der Waals surface area contributed by atoms with Crippen molar-refractivity contribution >= 4 is 38.2 Å². The quantitative estimate of drug-likeness (QED) is 0.329. The summed E-state index contributed by atoms with van der Waals surface area (Å²) in [4.78, 5) is 16.9. The Hall–Kier alpha value is -4.13. The molecule has 10 nitrogen and oxygen atoms in total. The highest BCUT2D eigenvalue weighted by Crippen LogP contribution is 2.37. The summed E-state index contributed by atoms with van der Waals surface area (Å²) in [6.45, 7) is -0.795. The first-order chi connectivity index (χ1) is 16.7. The van der Waals surface area contributed by atoms with Crippen molar-refractivity contribution in [2.24, 2.45) is 0 Å². The van der Waals surface area contributed by atoms with Crippen molar-refractivity contribution in [2.75, 3.05) is 35.7 Å². The summed E-state index contributed by atoms with van der Waals surface area (Å²) in [5.74, 6) is -0.475. The molecule has 35 heavy (non-hydrogen) atoms. The molecule has 2 heterocycles. The fraction of sp³-hybridized carbons (Fsp3) is 0.182. The van der Waals surface area contributed by atoms with Crippen LogP contribution in [0.25, 0.3) is 33.5 Å². The van der Waals surface area contributed by atoms with Crippen LogP contribution in [0.1, 0.15) is 6.42 Å². The van der Waals surface area contributed by atoms with Crippen molar-refractivity contribution in [2.45, 2.75) is 6.42 Å². The normalized spacial score (nSPS) is 11.5. The number of aromatic nitrogens is 4. The van der Waals surface area contributed by atoms with Crippen LogP contribution in [-0.2, 0) is 10.0 Å². The van der Waals surface area contributed by atoms with E-state index in [1.165, 1.54) is 37.7 Å². The zero-order valence-electron chi connectivity index (χ0n) is 18.5. The van der Waals surface area contributed by atoms with Crippen LogP contribution in [0.4, 0.5) is 26.1 Å². The van der Waals surface area contributed by atoms with Gasteiger partial charge in [0.05, 0.1) is 37.6 Å². The van der Waals surface area contributed by atoms with Gasteiger partial charge >= 0.3 is 0 Å². The fourth-order valence-corrected chi connectivity index (χ4v) is 4.48. The first kappa shape index (κ1) is 24.0. The van der Waals surface area contributed by atoms with E-state index in [1.807, 2.05) is 0 Å². The number of benzene rings is 2. The molecule has 4 rings (SSSR count). The summed E-state index contributed by atoms with van der Waals surface area (Å²) in [5, 5.41) is 0.389. The van der Waals surface area contributed by atoms with Crippen LogP contribution in [0.5, 0.6) is 5.75 Å². The molecular weight excluding hydrogens is 480 g/mol. The summed E-state index contributed by atoms with van der Waals surface area (Å²) in [6.07, 6.45) is 2.58. The molecule has 0 spiro atoms. The predicted molar refractivity (Wildman–Crippen MR) is 129 cm³/mol. The maximum atomic E-state index is 15.3. The van der Waals surface area contributed by atoms with Crippen molar-refractivity contribution in [3.05, 3.63) is 48.5 Å². The number of ether oxygens (including phenoxy) is 1. The number of nitrogen functional groups attached to an aromatic ring is 2. The minimum Gasteiger partial charge on any atom is -0.494 e. The van der Waals surface area contributed by atoms with Gasteiger partial charge in [-0.15, -0.1) is 0 Å². The highest BCUT2D eigenvalue weighted by atomic mass is 32.2. The number of rotatable bonds is 8. The number of nitrogens with two attached hydrogens (primary N) is 2. The zero-order valence-corrected chi connectivity index (χ0v) is 19.3. The SMILES string of the molecule is COc1cc(-c2cccc(NS(=O)(=O)CCCF)c2F)cc2c(N)nc(-c3cnc(N)cn3)nc12. The molecule has 0 atom stereocenters. The van der Waals surface area contributed by atoms with E-state index in [0.717, 1.165) is 0 Å². The second-order valence-electron chi connectivity index (χ2n) is 7.46. The molecule has 0 amide bonds. The Morgan fingerprint density at radius 3 is 2.60 bits per heavy atom. The molecule has 182 valence electrons. The Kier molecular flexibility index (Phi) is 6.60. The Labute approximate surface area is 199 Å². The summed E-state index contributed by atoms with van der Waals surface area (Å²) in [7, 11) is -2.50. The topological polar surface area (TPSA) is 159 Å². The lowest BCUT2D eigenvalue weighted by Crippen LogP contribution is -2.18. The van der Waals surface area contributed by atoms with Crippen molar-refractivity contribution < 1.29 is 21.9 Å². The average molecular weight is 502 g/mol. The first-order valence-corrected chi connectivity index (χ1v) is 12.0. The summed E-state index contributed by atoms with van der Waals surface area (Å²) < 4.78 is 59.6. The Morgan fingerprint density at radius 2 is 1.91 bits per heavy atom. The van der Waals surface area contributed by atoms with E-state index >= 15 is 4.39 Å². The van der Waals surface area contributed by atoms with E-state index < -0.39 is 28.3 Å². The summed E-state index contributed by atoms with van der Waals surface area (Å²) in [6, 6.07) is 7.37. The number of anilines is 3. The number of hydrogen-bond acceptors (Lipinski definition) is 9. The molecule has 0 saturated heterocycles. The van der Waals surface area contributed by atoms with E-state index in [-0.39, 0.29) is 40.9 Å². The molecule has 0 bridgehead atoms. The Morgan fingerprint density at radius 1 is 1.11 bits per heavy atom. The van der Waals surface area contributed by atoms with Gasteiger partial charge in [0.15, 0.2) is 11.6 Å². The molecule has 2 aromatic carbocycles. The molecular formula is C22H21F2N7O3S. The van der Waals surface area contributed by atoms with Crippen LogP contribution >= 0.6 is 0 Å². The highest BCUT2D eigenvalue weighted by molar-refractivity contribution is 7.92. The van der Waals surface area contributed by atoms with Crippen molar-refractivity contribution in [3.63, 3.8) is 0 Å². The molecule has 13 heteroatoms. The number of halogens is 2. The molecule has 4 aromatic rings. The summed E-state index contributed by atoms with van der Waals surface area (Å²) >= 11 is 0. The van der Waals surface area contributed by atoms with Crippen molar-refractivity contribution in [3.8, 4) is 28.4 Å². The number of methoxy groups -OCH3 is 1. The zero-order chi connectivity index (χ0) is 25.2. The Bertz CT molecular complexity index is 1500. The van der Waals surface area contributed by atoms with Crippen LogP contribution in [0.3, 0.4) is 0 Å². The third-order valence-corrected chi connectivity index (χ3v) is 6.39. The highest BCUT2D eigenvalue weighted by Gasteiger charge is 2.19. The van der Waals surface area contributed by atoms with Crippen LogP contribution in [0.2, 0.25) is 0 Å². The summed E-state index contributed by atoms with van der Waals surface area (Å²) in [5.41, 5.74) is 12.7. The lowest BCUT2D eigenvalue weighted by molar-refractivity contribution is 0.419. The van der Waals surface area contributed by atoms with Gasteiger partial charge in [0, 0.05) is 10.9 Å². The van der Waals surface area contributed by atoms with Gasteiger partial charge in [0.2, 0.25) is 10.0 Å². The van der Waals surface area contributed by atoms with Gasteiger partial charge in [-0.2, -0.15) is 0 Å². The fourth-order valence-electron chi connectivity index (χ4n) is 3.40. The van der Waals surface area contributed by atoms with Gasteiger partial charge in [0.1, 0.15) is 28.6 Å². The third-order valence-electron chi connectivity index (χ3n) is 5.04. The van der Waals surface area contributed by atoms with Crippen LogP contribution in [0, 0.1) is 5.82 Å². The average Bonchev–Trinajstić information content (AvgIpc) is 2.84. The van der Waals surface area contributed by atoms with Gasteiger partial charge in [0.25, 0.3) is 0 Å². The van der Waals surface area contributed by atoms with Crippen LogP contribution in [0.15, 0.2) is 42.7 Å². The van der Waals surface area contributed by atoms with Gasteiger partial charge in [-0.05, 0) is 30.2 Å². The number of nitrogens with one attached hydrogen (secondary N) is 1. The number of sulfonamides is 1. The maximum Gasteiger partial charge on any atom is 0.232 e. The van der Waals surface area contributed by atoms with Crippen molar-refractivity contribution in [1.82, 2.24) is 19.9 Å². The molecule has 5 N–H and O–H groups in total. The number of fused-ring (bicyclic) bond motifs is 1. The van der Waals surface area contributed by atoms with E-state index in [4.69, 9.17) is 16.2 Å². The number of alkyl halides is 1.